The zero-order valence-electron chi connectivity index (χ0n) is 33.8. The van der Waals surface area contributed by atoms with Crippen molar-refractivity contribution in [3.8, 4) is 5.69 Å². The summed E-state index contributed by atoms with van der Waals surface area (Å²) >= 11 is 0. The summed E-state index contributed by atoms with van der Waals surface area (Å²) in [5.41, 5.74) is 12.9. The zero-order chi connectivity index (χ0) is 37.7. The van der Waals surface area contributed by atoms with Crippen LogP contribution in [0.2, 0.25) is 0 Å². The molecule has 6 rings (SSSR count). The molecular weight excluding hydrogens is 615 g/mol. The Morgan fingerprint density at radius 1 is 0.412 bits per heavy atom. The minimum Gasteiger partial charge on any atom is -0.310 e. The summed E-state index contributed by atoms with van der Waals surface area (Å²) in [4.78, 5) is 2.36. The molecule has 0 aliphatic heterocycles. The third kappa shape index (κ3) is 7.84. The summed E-state index contributed by atoms with van der Waals surface area (Å²) < 4.78 is 2.44. The number of nitrogens with zero attached hydrogens (tertiary/aromatic N) is 2. The van der Waals surface area contributed by atoms with Crippen LogP contribution in [-0.2, 0) is 21.7 Å². The topological polar surface area (TPSA) is 8.17 Å². The fourth-order valence-corrected chi connectivity index (χ4v) is 6.76. The fourth-order valence-electron chi connectivity index (χ4n) is 6.76. The summed E-state index contributed by atoms with van der Waals surface area (Å²) in [5.74, 6) is 0. The van der Waals surface area contributed by atoms with Crippen LogP contribution in [0, 0.1) is 0 Å². The summed E-state index contributed by atoms with van der Waals surface area (Å²) in [7, 11) is 6.63. The molecule has 0 saturated carbocycles. The van der Waals surface area contributed by atoms with Crippen molar-refractivity contribution in [2.24, 2.45) is 0 Å². The Morgan fingerprint density at radius 3 is 1.43 bits per heavy atom. The maximum Gasteiger partial charge on any atom is 0.113 e. The molecular formula is C48H59BN2. The van der Waals surface area contributed by atoms with Gasteiger partial charge in [-0.2, -0.15) is 0 Å². The zero-order valence-corrected chi connectivity index (χ0v) is 33.8. The van der Waals surface area contributed by atoms with Crippen LogP contribution in [0.15, 0.2) is 103 Å². The molecule has 6 aromatic rings. The highest BCUT2D eigenvalue weighted by atomic mass is 15.1. The molecule has 0 spiro atoms. The number of anilines is 3. The lowest BCUT2D eigenvalue weighted by molar-refractivity contribution is 0.590. The van der Waals surface area contributed by atoms with Crippen LogP contribution < -0.4 is 10.4 Å². The molecule has 0 fully saturated rings. The Kier molecular flexibility index (Phi) is 10.2. The number of benzene rings is 5. The van der Waals surface area contributed by atoms with E-state index in [0.29, 0.717) is 0 Å². The Balaban J connectivity index is 0.00000248. The highest BCUT2D eigenvalue weighted by molar-refractivity contribution is 6.32. The van der Waals surface area contributed by atoms with E-state index in [2.05, 4.69) is 196 Å². The highest BCUT2D eigenvalue weighted by Crippen LogP contribution is 2.42. The first-order chi connectivity index (χ1) is 23.7. The molecule has 0 N–H and O–H groups in total. The van der Waals surface area contributed by atoms with E-state index in [9.17, 15) is 0 Å². The Bertz CT molecular complexity index is 2140. The lowest BCUT2D eigenvalue weighted by atomic mass is 9.82. The van der Waals surface area contributed by atoms with Gasteiger partial charge >= 0.3 is 0 Å². The van der Waals surface area contributed by atoms with Crippen LogP contribution in [0.3, 0.4) is 0 Å². The van der Waals surface area contributed by atoms with Gasteiger partial charge in [0.1, 0.15) is 7.85 Å². The minimum absolute atomic E-state index is 0.0466. The lowest BCUT2D eigenvalue weighted by Crippen LogP contribution is -2.19. The van der Waals surface area contributed by atoms with Crippen LogP contribution >= 0.6 is 0 Å². The van der Waals surface area contributed by atoms with Gasteiger partial charge in [-0.15, -0.1) is 0 Å². The molecule has 264 valence electrons. The van der Waals surface area contributed by atoms with Crippen molar-refractivity contribution >= 4 is 52.2 Å². The molecule has 1 heterocycles. The van der Waals surface area contributed by atoms with Crippen LogP contribution in [0.4, 0.5) is 17.1 Å². The summed E-state index contributed by atoms with van der Waals surface area (Å²) in [6.45, 7) is 31.2. The van der Waals surface area contributed by atoms with Crippen molar-refractivity contribution in [2.45, 2.75) is 119 Å². The monoisotopic (exact) mass is 674 g/mol. The van der Waals surface area contributed by atoms with Crippen molar-refractivity contribution in [3.63, 3.8) is 0 Å². The number of aromatic nitrogens is 1. The van der Waals surface area contributed by atoms with Gasteiger partial charge in [0, 0.05) is 33.5 Å². The van der Waals surface area contributed by atoms with Crippen molar-refractivity contribution < 1.29 is 0 Å². The van der Waals surface area contributed by atoms with E-state index in [-0.39, 0.29) is 21.7 Å². The van der Waals surface area contributed by atoms with Gasteiger partial charge in [0.25, 0.3) is 0 Å². The Labute approximate surface area is 310 Å². The van der Waals surface area contributed by atoms with Gasteiger partial charge in [-0.1, -0.05) is 145 Å². The highest BCUT2D eigenvalue weighted by Gasteiger charge is 2.23. The molecule has 0 unspecified atom stereocenters. The second-order valence-electron chi connectivity index (χ2n) is 18.0. The first-order valence-corrected chi connectivity index (χ1v) is 18.7. The predicted octanol–water partition coefficient (Wildman–Crippen LogP) is 13.3. The second-order valence-corrected chi connectivity index (χ2v) is 18.0. The number of fused-ring (bicyclic) bond motifs is 3. The fraction of sp³-hybridized carbons (Fsp3) is 0.375. The predicted molar refractivity (Wildman–Crippen MR) is 227 cm³/mol. The molecule has 0 atom stereocenters. The first-order valence-electron chi connectivity index (χ1n) is 18.7. The standard InChI is InChI=1S/C46H53BN2.C2H6/c1-43(2,3)30-13-18-35(19-14-30)48(38-26-33(46(10,11)12)25-34(47)28-38)37-22-23-39-40-27-32(45(7,8)9)17-24-41(40)49(42(39)29-37)36-20-15-31(16-21-36)44(4,5)6;1-2/h13-29H,1-12H3;1-2H3. The SMILES string of the molecule is CC.[B]c1cc(N(c2ccc(C(C)(C)C)cc2)c2ccc3c4cc(C(C)(C)C)ccc4n(-c4ccc(C(C)(C)C)cc4)c3c2)cc(C(C)(C)C)c1. The van der Waals surface area contributed by atoms with E-state index in [1.54, 1.807) is 0 Å². The molecule has 51 heavy (non-hydrogen) atoms. The lowest BCUT2D eigenvalue weighted by Gasteiger charge is -2.29. The van der Waals surface area contributed by atoms with Crippen molar-refractivity contribution in [3.05, 3.63) is 125 Å². The second kappa shape index (κ2) is 13.7. The maximum absolute atomic E-state index is 6.63. The third-order valence-corrected chi connectivity index (χ3v) is 9.92. The normalized spacial score (nSPS) is 12.6. The van der Waals surface area contributed by atoms with E-state index in [1.165, 1.54) is 44.1 Å². The van der Waals surface area contributed by atoms with Crippen molar-refractivity contribution in [1.82, 2.24) is 4.57 Å². The molecule has 0 amide bonds. The average molecular weight is 675 g/mol. The van der Waals surface area contributed by atoms with Gasteiger partial charge in [-0.05, 0) is 105 Å². The quantitative estimate of drug-likeness (QED) is 0.169. The van der Waals surface area contributed by atoms with Gasteiger partial charge in [-0.25, -0.2) is 0 Å². The smallest absolute Gasteiger partial charge is 0.113 e. The first kappa shape index (κ1) is 38.0. The van der Waals surface area contributed by atoms with E-state index in [4.69, 9.17) is 7.85 Å². The van der Waals surface area contributed by atoms with E-state index in [1.807, 2.05) is 13.8 Å². The summed E-state index contributed by atoms with van der Waals surface area (Å²) in [6, 6.07) is 38.6. The molecule has 0 bridgehead atoms. The molecule has 5 aromatic carbocycles. The van der Waals surface area contributed by atoms with E-state index < -0.39 is 0 Å². The Hall–Kier alpha value is -4.24. The van der Waals surface area contributed by atoms with Crippen LogP contribution in [0.5, 0.6) is 0 Å². The molecule has 2 radical (unpaired) electrons. The van der Waals surface area contributed by atoms with Gasteiger partial charge in [0.05, 0.1) is 11.0 Å². The number of rotatable bonds is 4. The summed E-state index contributed by atoms with van der Waals surface area (Å²) in [6.07, 6.45) is 0. The summed E-state index contributed by atoms with van der Waals surface area (Å²) in [5, 5.41) is 2.52. The van der Waals surface area contributed by atoms with Gasteiger partial charge in [0.15, 0.2) is 0 Å². The number of hydrogen-bond acceptors (Lipinski definition) is 1. The molecule has 0 aliphatic carbocycles. The van der Waals surface area contributed by atoms with Gasteiger partial charge in [0.2, 0.25) is 0 Å². The van der Waals surface area contributed by atoms with E-state index >= 15 is 0 Å². The third-order valence-electron chi connectivity index (χ3n) is 9.92. The van der Waals surface area contributed by atoms with Crippen LogP contribution in [-0.4, -0.2) is 12.4 Å². The van der Waals surface area contributed by atoms with Crippen LogP contribution in [0.1, 0.15) is 119 Å². The average Bonchev–Trinajstić information content (AvgIpc) is 3.37. The molecule has 0 aliphatic rings. The Morgan fingerprint density at radius 2 is 0.902 bits per heavy atom. The number of hydrogen-bond donors (Lipinski definition) is 0. The molecule has 2 nitrogen and oxygen atoms in total. The molecule has 3 heteroatoms. The van der Waals surface area contributed by atoms with Crippen molar-refractivity contribution in [2.75, 3.05) is 4.90 Å². The van der Waals surface area contributed by atoms with Crippen molar-refractivity contribution in [1.29, 1.82) is 0 Å². The van der Waals surface area contributed by atoms with Gasteiger partial charge < -0.3 is 9.47 Å². The molecule has 0 saturated heterocycles. The van der Waals surface area contributed by atoms with Crippen LogP contribution in [0.25, 0.3) is 27.5 Å². The van der Waals surface area contributed by atoms with Gasteiger partial charge in [-0.3, -0.25) is 0 Å². The van der Waals surface area contributed by atoms with E-state index in [0.717, 1.165) is 28.2 Å². The largest absolute Gasteiger partial charge is 0.310 e. The maximum atomic E-state index is 6.63. The molecule has 1 aromatic heterocycles. The minimum atomic E-state index is -0.0494.